The molecule has 0 saturated carbocycles. The number of carbonyl (C=O) groups is 2. The van der Waals surface area contributed by atoms with Crippen molar-refractivity contribution in [2.24, 2.45) is 0 Å². The molecule has 0 N–H and O–H groups in total. The van der Waals surface area contributed by atoms with Gasteiger partial charge in [-0.15, -0.1) is 0 Å². The molecule has 6 nitrogen and oxygen atoms in total. The lowest BCUT2D eigenvalue weighted by molar-refractivity contribution is -0.0375. The number of carbonyl (C=O) groups excluding carboxylic acids is 2. The van der Waals surface area contributed by atoms with Crippen molar-refractivity contribution in [3.63, 3.8) is 0 Å². The van der Waals surface area contributed by atoms with Gasteiger partial charge in [0.2, 0.25) is 0 Å². The smallest absolute Gasteiger partial charge is 0.254 e. The lowest BCUT2D eigenvalue weighted by atomic mass is 10.1. The summed E-state index contributed by atoms with van der Waals surface area (Å²) in [5.74, 6) is -0.186. The molecular formula is C24H26Cl2N2O4. The van der Waals surface area contributed by atoms with Gasteiger partial charge in [-0.1, -0.05) is 41.4 Å². The molecule has 2 aromatic rings. The van der Waals surface area contributed by atoms with Crippen LogP contribution in [0.3, 0.4) is 0 Å². The summed E-state index contributed by atoms with van der Waals surface area (Å²) < 4.78 is 11.7. The molecule has 2 amide bonds. The molecule has 0 bridgehead atoms. The van der Waals surface area contributed by atoms with E-state index in [0.717, 1.165) is 19.4 Å². The summed E-state index contributed by atoms with van der Waals surface area (Å²) >= 11 is 12.1. The van der Waals surface area contributed by atoms with Gasteiger partial charge in [0.15, 0.2) is 0 Å². The Kier molecular flexibility index (Phi) is 7.68. The highest BCUT2D eigenvalue weighted by molar-refractivity contribution is 6.42. The number of morpholine rings is 1. The Labute approximate surface area is 198 Å². The molecule has 170 valence electrons. The summed E-state index contributed by atoms with van der Waals surface area (Å²) in [5.41, 5.74) is 1.11. The maximum atomic E-state index is 13.2. The molecule has 2 heterocycles. The molecule has 0 aliphatic carbocycles. The monoisotopic (exact) mass is 476 g/mol. The first-order valence-corrected chi connectivity index (χ1v) is 11.6. The van der Waals surface area contributed by atoms with Crippen molar-refractivity contribution in [3.05, 3.63) is 69.7 Å². The van der Waals surface area contributed by atoms with E-state index in [4.69, 9.17) is 32.7 Å². The highest BCUT2D eigenvalue weighted by Crippen LogP contribution is 2.24. The summed E-state index contributed by atoms with van der Waals surface area (Å²) in [7, 11) is 0. The normalized spacial score (nSPS) is 20.9. The van der Waals surface area contributed by atoms with Crippen molar-refractivity contribution in [2.45, 2.75) is 25.0 Å². The molecule has 2 atom stereocenters. The van der Waals surface area contributed by atoms with Gasteiger partial charge in [0.05, 0.1) is 28.9 Å². The van der Waals surface area contributed by atoms with Crippen LogP contribution in [0.4, 0.5) is 0 Å². The van der Waals surface area contributed by atoms with Crippen LogP contribution in [-0.2, 0) is 9.47 Å². The average molecular weight is 477 g/mol. The molecule has 2 fully saturated rings. The van der Waals surface area contributed by atoms with Crippen LogP contribution in [0.2, 0.25) is 10.0 Å². The quantitative estimate of drug-likeness (QED) is 0.627. The van der Waals surface area contributed by atoms with Crippen LogP contribution in [0, 0.1) is 0 Å². The first kappa shape index (κ1) is 23.1. The molecule has 0 spiro atoms. The summed E-state index contributed by atoms with van der Waals surface area (Å²) in [5, 5.41) is 0.755. The van der Waals surface area contributed by atoms with E-state index in [1.165, 1.54) is 0 Å². The molecule has 0 aromatic heterocycles. The number of ether oxygens (including phenoxy) is 2. The van der Waals surface area contributed by atoms with Gasteiger partial charge in [-0.25, -0.2) is 0 Å². The summed E-state index contributed by atoms with van der Waals surface area (Å²) in [6.07, 6.45) is 1.68. The van der Waals surface area contributed by atoms with Crippen molar-refractivity contribution in [2.75, 3.05) is 39.4 Å². The Bertz CT molecular complexity index is 950. The molecular weight excluding hydrogens is 451 g/mol. The van der Waals surface area contributed by atoms with Gasteiger partial charge in [-0.3, -0.25) is 9.59 Å². The van der Waals surface area contributed by atoms with Gasteiger partial charge in [-0.2, -0.15) is 0 Å². The number of nitrogens with zero attached hydrogens (tertiary/aromatic N) is 2. The maximum absolute atomic E-state index is 13.2. The van der Waals surface area contributed by atoms with Crippen molar-refractivity contribution >= 4 is 35.0 Å². The number of amides is 2. The van der Waals surface area contributed by atoms with Gasteiger partial charge in [-0.05, 0) is 43.2 Å². The van der Waals surface area contributed by atoms with E-state index in [-0.39, 0.29) is 24.0 Å². The topological polar surface area (TPSA) is 59.1 Å². The molecule has 8 heteroatoms. The van der Waals surface area contributed by atoms with E-state index in [9.17, 15) is 9.59 Å². The fourth-order valence-electron chi connectivity index (χ4n) is 4.11. The highest BCUT2D eigenvalue weighted by Gasteiger charge is 2.30. The Morgan fingerprint density at radius 2 is 1.69 bits per heavy atom. The van der Waals surface area contributed by atoms with Gasteiger partial charge < -0.3 is 19.3 Å². The van der Waals surface area contributed by atoms with Gasteiger partial charge in [0.25, 0.3) is 11.8 Å². The minimum Gasteiger partial charge on any atom is -0.376 e. The fraction of sp³-hybridized carbons (Fsp3) is 0.417. The van der Waals surface area contributed by atoms with E-state index >= 15 is 0 Å². The molecule has 2 saturated heterocycles. The SMILES string of the molecule is O=C(c1ccc(Cl)c(Cl)c1)N1CCO[C@@H](CN(C[C@@H]2CCCO2)C(=O)c2ccccc2)C1. The Balaban J connectivity index is 1.45. The van der Waals surface area contributed by atoms with Gasteiger partial charge in [0.1, 0.15) is 0 Å². The third kappa shape index (κ3) is 5.62. The van der Waals surface area contributed by atoms with Crippen LogP contribution in [0.1, 0.15) is 33.6 Å². The Morgan fingerprint density at radius 3 is 2.41 bits per heavy atom. The molecule has 0 unspecified atom stereocenters. The van der Waals surface area contributed by atoms with Crippen LogP contribution in [0.15, 0.2) is 48.5 Å². The van der Waals surface area contributed by atoms with E-state index < -0.39 is 0 Å². The lowest BCUT2D eigenvalue weighted by Crippen LogP contribution is -2.51. The predicted molar refractivity (Wildman–Crippen MR) is 123 cm³/mol. The third-order valence-corrected chi connectivity index (χ3v) is 6.51. The Morgan fingerprint density at radius 1 is 0.938 bits per heavy atom. The second-order valence-corrected chi connectivity index (χ2v) is 8.90. The minimum absolute atomic E-state index is 0.0280. The fourth-order valence-corrected chi connectivity index (χ4v) is 4.41. The van der Waals surface area contributed by atoms with Crippen molar-refractivity contribution in [1.29, 1.82) is 0 Å². The Hall–Kier alpha value is -2.12. The number of halogens is 2. The predicted octanol–water partition coefficient (Wildman–Crippen LogP) is 4.16. The largest absolute Gasteiger partial charge is 0.376 e. The van der Waals surface area contributed by atoms with Crippen molar-refractivity contribution < 1.29 is 19.1 Å². The molecule has 2 aliphatic heterocycles. The number of benzene rings is 2. The number of hydrogen-bond donors (Lipinski definition) is 0. The van der Waals surface area contributed by atoms with Gasteiger partial charge >= 0.3 is 0 Å². The van der Waals surface area contributed by atoms with Gasteiger partial charge in [0, 0.05) is 43.9 Å². The number of rotatable bonds is 6. The zero-order valence-electron chi connectivity index (χ0n) is 17.7. The van der Waals surface area contributed by atoms with E-state index in [1.54, 1.807) is 28.0 Å². The van der Waals surface area contributed by atoms with E-state index in [2.05, 4.69) is 0 Å². The molecule has 2 aromatic carbocycles. The third-order valence-electron chi connectivity index (χ3n) is 5.77. The molecule has 0 radical (unpaired) electrons. The summed E-state index contributed by atoms with van der Waals surface area (Å²) in [6, 6.07) is 14.1. The second kappa shape index (κ2) is 10.7. The first-order chi connectivity index (χ1) is 15.5. The van der Waals surface area contributed by atoms with Crippen molar-refractivity contribution in [1.82, 2.24) is 9.80 Å². The van der Waals surface area contributed by atoms with Crippen LogP contribution >= 0.6 is 23.2 Å². The van der Waals surface area contributed by atoms with E-state index in [1.807, 2.05) is 30.3 Å². The molecule has 32 heavy (non-hydrogen) atoms. The maximum Gasteiger partial charge on any atom is 0.254 e. The van der Waals surface area contributed by atoms with E-state index in [0.29, 0.717) is 54.0 Å². The second-order valence-electron chi connectivity index (χ2n) is 8.08. The first-order valence-electron chi connectivity index (χ1n) is 10.8. The van der Waals surface area contributed by atoms with Crippen molar-refractivity contribution in [3.8, 4) is 0 Å². The van der Waals surface area contributed by atoms with Crippen LogP contribution in [-0.4, -0.2) is 73.2 Å². The van der Waals surface area contributed by atoms with Crippen LogP contribution in [0.5, 0.6) is 0 Å². The number of hydrogen-bond acceptors (Lipinski definition) is 4. The van der Waals surface area contributed by atoms with Crippen LogP contribution < -0.4 is 0 Å². The highest BCUT2D eigenvalue weighted by atomic mass is 35.5. The standard InChI is InChI=1S/C24H26Cl2N2O4/c25-21-9-8-18(13-22(21)26)24(30)27-10-12-32-20(15-27)16-28(14-19-7-4-11-31-19)23(29)17-5-2-1-3-6-17/h1-3,5-6,8-9,13,19-20H,4,7,10-12,14-16H2/t19-,20+/m0/s1. The van der Waals surface area contributed by atoms with Crippen LogP contribution in [0.25, 0.3) is 0 Å². The zero-order chi connectivity index (χ0) is 22.5. The lowest BCUT2D eigenvalue weighted by Gasteiger charge is -2.36. The molecule has 2 aliphatic rings. The summed E-state index contributed by atoms with van der Waals surface area (Å²) in [4.78, 5) is 29.8. The average Bonchev–Trinajstić information content (AvgIpc) is 3.33. The minimum atomic E-state index is -0.287. The molecule has 4 rings (SSSR count). The zero-order valence-corrected chi connectivity index (χ0v) is 19.2. The summed E-state index contributed by atoms with van der Waals surface area (Å²) in [6.45, 7) is 2.90.